The minimum atomic E-state index is -0.270. The van der Waals surface area contributed by atoms with Gasteiger partial charge in [0.1, 0.15) is 12.4 Å². The third-order valence-electron chi connectivity index (χ3n) is 4.66. The lowest BCUT2D eigenvalue weighted by Gasteiger charge is -2.15. The predicted molar refractivity (Wildman–Crippen MR) is 97.5 cm³/mol. The maximum Gasteiger partial charge on any atom is 0.244 e. The molecule has 1 saturated heterocycles. The fraction of sp³-hybridized carbons (Fsp3) is 0.556. The SMILES string of the molecule is CCNC(=NCC(=O)N1CCCC1)NC1CC1c1c(F)cccc1Cl. The molecule has 0 spiro atoms. The maximum absolute atomic E-state index is 14.0. The summed E-state index contributed by atoms with van der Waals surface area (Å²) < 4.78 is 14.0. The quantitative estimate of drug-likeness (QED) is 0.622. The number of halogens is 2. The van der Waals surface area contributed by atoms with E-state index in [-0.39, 0.29) is 30.2 Å². The Bertz CT molecular complexity index is 640. The molecule has 1 aromatic carbocycles. The Morgan fingerprint density at radius 1 is 1.40 bits per heavy atom. The van der Waals surface area contributed by atoms with Gasteiger partial charge < -0.3 is 15.5 Å². The molecule has 1 heterocycles. The van der Waals surface area contributed by atoms with Crippen molar-refractivity contribution in [2.75, 3.05) is 26.2 Å². The molecule has 2 aliphatic rings. The highest BCUT2D eigenvalue weighted by molar-refractivity contribution is 6.31. The van der Waals surface area contributed by atoms with E-state index in [2.05, 4.69) is 15.6 Å². The van der Waals surface area contributed by atoms with Gasteiger partial charge >= 0.3 is 0 Å². The third-order valence-corrected chi connectivity index (χ3v) is 4.99. The summed E-state index contributed by atoms with van der Waals surface area (Å²) in [5.41, 5.74) is 0.561. The van der Waals surface area contributed by atoms with Crippen molar-refractivity contribution < 1.29 is 9.18 Å². The minimum Gasteiger partial charge on any atom is -0.357 e. The monoisotopic (exact) mass is 366 g/mol. The second kappa shape index (κ2) is 8.04. The molecule has 0 radical (unpaired) electrons. The molecule has 2 N–H and O–H groups in total. The second-order valence-corrected chi connectivity index (χ2v) is 6.92. The fourth-order valence-corrected chi connectivity index (χ4v) is 3.55. The van der Waals surface area contributed by atoms with Crippen LogP contribution in [-0.2, 0) is 4.79 Å². The number of carbonyl (C=O) groups excluding carboxylic acids is 1. The van der Waals surface area contributed by atoms with Crippen molar-refractivity contribution in [2.24, 2.45) is 4.99 Å². The largest absolute Gasteiger partial charge is 0.357 e. The first-order chi connectivity index (χ1) is 12.1. The van der Waals surface area contributed by atoms with Gasteiger partial charge in [0.25, 0.3) is 0 Å². The molecular formula is C18H24ClFN4O. The van der Waals surface area contributed by atoms with Crippen molar-refractivity contribution in [2.45, 2.75) is 38.1 Å². The van der Waals surface area contributed by atoms with Crippen LogP contribution in [0, 0.1) is 5.82 Å². The van der Waals surface area contributed by atoms with E-state index in [1.165, 1.54) is 6.07 Å². The normalized spacial score (nSPS) is 22.8. The van der Waals surface area contributed by atoms with Gasteiger partial charge in [0.2, 0.25) is 5.91 Å². The average molecular weight is 367 g/mol. The van der Waals surface area contributed by atoms with E-state index in [4.69, 9.17) is 11.6 Å². The van der Waals surface area contributed by atoms with Crippen LogP contribution in [0.15, 0.2) is 23.2 Å². The molecule has 1 amide bonds. The first-order valence-electron chi connectivity index (χ1n) is 8.86. The van der Waals surface area contributed by atoms with Gasteiger partial charge in [-0.1, -0.05) is 17.7 Å². The molecular weight excluding hydrogens is 343 g/mol. The number of likely N-dealkylation sites (tertiary alicyclic amines) is 1. The Morgan fingerprint density at radius 3 is 2.84 bits per heavy atom. The van der Waals surface area contributed by atoms with Gasteiger partial charge in [0, 0.05) is 42.2 Å². The molecule has 1 aliphatic heterocycles. The summed E-state index contributed by atoms with van der Waals surface area (Å²) in [6.07, 6.45) is 2.94. The minimum absolute atomic E-state index is 0.0341. The van der Waals surface area contributed by atoms with Crippen LogP contribution in [0.4, 0.5) is 4.39 Å². The van der Waals surface area contributed by atoms with E-state index in [1.807, 2.05) is 11.8 Å². The number of carbonyl (C=O) groups is 1. The number of guanidine groups is 1. The van der Waals surface area contributed by atoms with Gasteiger partial charge in [-0.3, -0.25) is 4.79 Å². The Hall–Kier alpha value is -1.82. The maximum atomic E-state index is 14.0. The van der Waals surface area contributed by atoms with Gasteiger partial charge in [-0.05, 0) is 38.3 Å². The van der Waals surface area contributed by atoms with E-state index in [9.17, 15) is 9.18 Å². The molecule has 0 bridgehead atoms. The average Bonchev–Trinajstić information content (AvgIpc) is 3.10. The van der Waals surface area contributed by atoms with Crippen LogP contribution in [0.25, 0.3) is 0 Å². The van der Waals surface area contributed by atoms with Gasteiger partial charge in [-0.15, -0.1) is 0 Å². The molecule has 7 heteroatoms. The van der Waals surface area contributed by atoms with Crippen molar-refractivity contribution in [1.82, 2.24) is 15.5 Å². The molecule has 2 unspecified atom stereocenters. The standard InChI is InChI=1S/C18H24ClFN4O/c1-2-21-18(22-11-16(25)24-8-3-4-9-24)23-15-10-12(15)17-13(19)6-5-7-14(17)20/h5-7,12,15H,2-4,8-11H2,1H3,(H2,21,22,23). The smallest absolute Gasteiger partial charge is 0.244 e. The highest BCUT2D eigenvalue weighted by Gasteiger charge is 2.41. The van der Waals surface area contributed by atoms with Crippen molar-refractivity contribution in [3.05, 3.63) is 34.6 Å². The number of nitrogens with zero attached hydrogens (tertiary/aromatic N) is 2. The molecule has 136 valence electrons. The third kappa shape index (κ3) is 4.42. The lowest BCUT2D eigenvalue weighted by Crippen LogP contribution is -2.40. The predicted octanol–water partition coefficient (Wildman–Crippen LogP) is 2.51. The van der Waals surface area contributed by atoms with E-state index in [0.717, 1.165) is 32.4 Å². The van der Waals surface area contributed by atoms with E-state index in [0.29, 0.717) is 23.1 Å². The molecule has 0 aromatic heterocycles. The highest BCUT2D eigenvalue weighted by atomic mass is 35.5. The first kappa shape index (κ1) is 18.0. The zero-order valence-electron chi connectivity index (χ0n) is 14.4. The van der Waals surface area contributed by atoms with Crippen LogP contribution >= 0.6 is 11.6 Å². The van der Waals surface area contributed by atoms with Gasteiger partial charge in [0.15, 0.2) is 5.96 Å². The highest BCUT2D eigenvalue weighted by Crippen LogP contribution is 2.44. The lowest BCUT2D eigenvalue weighted by molar-refractivity contribution is -0.128. The molecule has 2 atom stereocenters. The summed E-state index contributed by atoms with van der Waals surface area (Å²) in [6.45, 7) is 4.45. The van der Waals surface area contributed by atoms with Crippen LogP contribution in [0.1, 0.15) is 37.7 Å². The Labute approximate surface area is 152 Å². The zero-order chi connectivity index (χ0) is 17.8. The van der Waals surface area contributed by atoms with Crippen molar-refractivity contribution in [3.63, 3.8) is 0 Å². The first-order valence-corrected chi connectivity index (χ1v) is 9.24. The molecule has 1 aromatic rings. The Morgan fingerprint density at radius 2 is 2.16 bits per heavy atom. The molecule has 2 fully saturated rings. The number of benzene rings is 1. The van der Waals surface area contributed by atoms with Gasteiger partial charge in [-0.2, -0.15) is 0 Å². The Balaban J connectivity index is 1.59. The summed E-state index contributed by atoms with van der Waals surface area (Å²) in [6, 6.07) is 4.84. The van der Waals surface area contributed by atoms with Crippen LogP contribution in [0.3, 0.4) is 0 Å². The molecule has 5 nitrogen and oxygen atoms in total. The zero-order valence-corrected chi connectivity index (χ0v) is 15.2. The molecule has 1 saturated carbocycles. The fourth-order valence-electron chi connectivity index (χ4n) is 3.25. The molecule has 25 heavy (non-hydrogen) atoms. The number of amides is 1. The lowest BCUT2D eigenvalue weighted by atomic mass is 10.1. The summed E-state index contributed by atoms with van der Waals surface area (Å²) in [5.74, 6) is 0.411. The number of aliphatic imine (C=N–C) groups is 1. The van der Waals surface area contributed by atoms with Crippen molar-refractivity contribution in [1.29, 1.82) is 0 Å². The van der Waals surface area contributed by atoms with Crippen LogP contribution in [0.5, 0.6) is 0 Å². The van der Waals surface area contributed by atoms with Gasteiger partial charge in [-0.25, -0.2) is 9.38 Å². The summed E-state index contributed by atoms with van der Waals surface area (Å²) >= 11 is 6.14. The van der Waals surface area contributed by atoms with E-state index >= 15 is 0 Å². The van der Waals surface area contributed by atoms with Crippen molar-refractivity contribution in [3.8, 4) is 0 Å². The molecule has 3 rings (SSSR count). The summed E-state index contributed by atoms with van der Waals surface area (Å²) in [5, 5.41) is 6.88. The van der Waals surface area contributed by atoms with E-state index < -0.39 is 0 Å². The van der Waals surface area contributed by atoms with Crippen LogP contribution in [0.2, 0.25) is 5.02 Å². The number of rotatable bonds is 5. The van der Waals surface area contributed by atoms with Crippen molar-refractivity contribution >= 4 is 23.5 Å². The molecule has 1 aliphatic carbocycles. The number of nitrogens with one attached hydrogen (secondary N) is 2. The van der Waals surface area contributed by atoms with Crippen LogP contribution in [-0.4, -0.2) is 49.0 Å². The van der Waals surface area contributed by atoms with E-state index in [1.54, 1.807) is 12.1 Å². The summed E-state index contributed by atoms with van der Waals surface area (Å²) in [4.78, 5) is 18.4. The summed E-state index contributed by atoms with van der Waals surface area (Å²) in [7, 11) is 0. The van der Waals surface area contributed by atoms with Crippen LogP contribution < -0.4 is 10.6 Å². The number of hydrogen-bond acceptors (Lipinski definition) is 2. The Kier molecular flexibility index (Phi) is 5.78. The van der Waals surface area contributed by atoms with Gasteiger partial charge in [0.05, 0.1) is 0 Å². The second-order valence-electron chi connectivity index (χ2n) is 6.51. The number of hydrogen-bond donors (Lipinski definition) is 2. The topological polar surface area (TPSA) is 56.7 Å².